The molecule has 0 bridgehead atoms. The van der Waals surface area contributed by atoms with Crippen LogP contribution in [0.1, 0.15) is 35.6 Å². The quantitative estimate of drug-likeness (QED) is 0.489. The molecule has 3 aromatic rings. The highest BCUT2D eigenvalue weighted by atomic mass is 35.5. The van der Waals surface area contributed by atoms with Crippen LogP contribution in [0.3, 0.4) is 0 Å². The lowest BCUT2D eigenvalue weighted by Gasteiger charge is -2.21. The molecule has 32 heavy (non-hydrogen) atoms. The molecule has 1 aromatic carbocycles. The largest absolute Gasteiger partial charge is 0.485 e. The van der Waals surface area contributed by atoms with E-state index in [1.807, 2.05) is 0 Å². The Kier molecular flexibility index (Phi) is 6.83. The van der Waals surface area contributed by atoms with Crippen molar-refractivity contribution in [2.75, 3.05) is 0 Å². The van der Waals surface area contributed by atoms with Gasteiger partial charge in [0, 0.05) is 24.3 Å². The molecule has 0 saturated heterocycles. The zero-order valence-corrected chi connectivity index (χ0v) is 18.2. The van der Waals surface area contributed by atoms with Crippen LogP contribution in [0.15, 0.2) is 30.5 Å². The number of nitrogens with zero attached hydrogens (tertiary/aromatic N) is 2. The molecule has 3 rings (SSSR count). The van der Waals surface area contributed by atoms with E-state index < -0.39 is 42.3 Å². The van der Waals surface area contributed by atoms with Gasteiger partial charge in [0.15, 0.2) is 11.4 Å². The van der Waals surface area contributed by atoms with Crippen LogP contribution in [-0.2, 0) is 6.61 Å². The maximum Gasteiger partial charge on any atom is 0.404 e. The number of halogens is 3. The number of rotatable bonds is 7. The van der Waals surface area contributed by atoms with Crippen molar-refractivity contribution in [2.24, 2.45) is 0 Å². The number of carboxylic acid groups (broad SMARTS) is 1. The lowest BCUT2D eigenvalue weighted by atomic mass is 10.1. The zero-order valence-electron chi connectivity index (χ0n) is 17.4. The topological polar surface area (TPSA) is 105 Å². The van der Waals surface area contributed by atoms with Gasteiger partial charge in [0.2, 0.25) is 0 Å². The first-order chi connectivity index (χ1) is 15.1. The number of nitrogens with one attached hydrogen (secondary N) is 2. The summed E-state index contributed by atoms with van der Waals surface area (Å²) in [7, 11) is 0. The van der Waals surface area contributed by atoms with Crippen LogP contribution in [0.25, 0.3) is 5.65 Å². The molecule has 1 unspecified atom stereocenters. The van der Waals surface area contributed by atoms with Gasteiger partial charge < -0.3 is 20.5 Å². The molecule has 170 valence electrons. The average molecular weight is 467 g/mol. The summed E-state index contributed by atoms with van der Waals surface area (Å²) >= 11 is 6.18. The number of carbonyl (C=O) groups is 2. The predicted octanol–water partition coefficient (Wildman–Crippen LogP) is 3.93. The van der Waals surface area contributed by atoms with E-state index in [0.29, 0.717) is 5.69 Å². The molecule has 0 aliphatic heterocycles. The molecule has 0 fully saturated rings. The van der Waals surface area contributed by atoms with Crippen LogP contribution in [0, 0.1) is 18.6 Å². The van der Waals surface area contributed by atoms with Crippen molar-refractivity contribution in [2.45, 2.75) is 39.5 Å². The second-order valence-corrected chi connectivity index (χ2v) is 7.69. The molecule has 0 spiro atoms. The Morgan fingerprint density at radius 1 is 1.22 bits per heavy atom. The van der Waals surface area contributed by atoms with Gasteiger partial charge in [-0.15, -0.1) is 0 Å². The van der Waals surface area contributed by atoms with Crippen LogP contribution < -0.4 is 15.4 Å². The summed E-state index contributed by atoms with van der Waals surface area (Å²) in [5.74, 6) is -1.87. The smallest absolute Gasteiger partial charge is 0.404 e. The molecule has 2 heterocycles. The molecule has 0 saturated carbocycles. The van der Waals surface area contributed by atoms with E-state index in [-0.39, 0.29) is 27.7 Å². The van der Waals surface area contributed by atoms with Crippen molar-refractivity contribution in [1.29, 1.82) is 0 Å². The fourth-order valence-corrected chi connectivity index (χ4v) is 3.31. The van der Waals surface area contributed by atoms with Gasteiger partial charge >= 0.3 is 6.09 Å². The van der Waals surface area contributed by atoms with Gasteiger partial charge in [0.25, 0.3) is 5.91 Å². The minimum atomic E-state index is -1.20. The highest BCUT2D eigenvalue weighted by molar-refractivity contribution is 6.30. The number of aryl methyl sites for hydroxylation is 1. The molecule has 2 amide bonds. The first-order valence-corrected chi connectivity index (χ1v) is 10.0. The molecule has 0 radical (unpaired) electrons. The van der Waals surface area contributed by atoms with Crippen molar-refractivity contribution >= 4 is 29.2 Å². The maximum atomic E-state index is 13.9. The van der Waals surface area contributed by atoms with Crippen LogP contribution in [0.4, 0.5) is 13.6 Å². The van der Waals surface area contributed by atoms with E-state index in [4.69, 9.17) is 21.4 Å². The van der Waals surface area contributed by atoms with Gasteiger partial charge in [-0.1, -0.05) is 17.7 Å². The molecule has 8 nitrogen and oxygen atoms in total. The number of aromatic nitrogens is 2. The van der Waals surface area contributed by atoms with E-state index >= 15 is 0 Å². The number of imidazole rings is 1. The fraction of sp³-hybridized carbons (Fsp3) is 0.286. The molecule has 11 heteroatoms. The van der Waals surface area contributed by atoms with E-state index in [0.717, 1.165) is 12.1 Å². The Morgan fingerprint density at radius 3 is 2.47 bits per heavy atom. The van der Waals surface area contributed by atoms with Gasteiger partial charge in [0.1, 0.15) is 23.9 Å². The van der Waals surface area contributed by atoms with Gasteiger partial charge in [-0.3, -0.25) is 9.20 Å². The van der Waals surface area contributed by atoms with Crippen LogP contribution >= 0.6 is 11.6 Å². The summed E-state index contributed by atoms with van der Waals surface area (Å²) in [6.07, 6.45) is 0.260. The Balaban J connectivity index is 1.90. The molecule has 3 N–H and O–H groups in total. The van der Waals surface area contributed by atoms with Crippen LogP contribution in [-0.4, -0.2) is 38.6 Å². The third-order valence-corrected chi connectivity index (χ3v) is 5.14. The number of ether oxygens (including phenoxy) is 1. The Bertz CT molecular complexity index is 1160. The van der Waals surface area contributed by atoms with Gasteiger partial charge in [-0.2, -0.15) is 0 Å². The summed E-state index contributed by atoms with van der Waals surface area (Å²) in [6.45, 7) is 4.48. The molecule has 0 aliphatic rings. The lowest BCUT2D eigenvalue weighted by Crippen LogP contribution is -2.48. The lowest BCUT2D eigenvalue weighted by molar-refractivity contribution is 0.0924. The SMILES string of the molecule is Cc1nc2c(OCc3c(F)cccc3F)cc(Cl)cn2c1C(=O)NC(C)[C@H](C)NC(=O)O. The first kappa shape index (κ1) is 23.3. The Labute approximate surface area is 187 Å². The first-order valence-electron chi connectivity index (χ1n) is 9.62. The molecule has 2 aromatic heterocycles. The van der Waals surface area contributed by atoms with Crippen LogP contribution in [0.5, 0.6) is 5.75 Å². The highest BCUT2D eigenvalue weighted by Gasteiger charge is 2.23. The number of amides is 2. The molecule has 0 aliphatic carbocycles. The second kappa shape index (κ2) is 9.39. The molecular formula is C21H21ClF2N4O4. The average Bonchev–Trinajstić information content (AvgIpc) is 3.02. The minimum absolute atomic E-state index is 0.135. The monoisotopic (exact) mass is 466 g/mol. The van der Waals surface area contributed by atoms with Crippen molar-refractivity contribution < 1.29 is 28.2 Å². The van der Waals surface area contributed by atoms with Crippen molar-refractivity contribution in [3.05, 3.63) is 64.1 Å². The molecular weight excluding hydrogens is 446 g/mol. The van der Waals surface area contributed by atoms with Gasteiger partial charge in [-0.25, -0.2) is 18.6 Å². The predicted molar refractivity (Wildman–Crippen MR) is 113 cm³/mol. The zero-order chi connectivity index (χ0) is 23.6. The third kappa shape index (κ3) is 4.91. The Morgan fingerprint density at radius 2 is 1.84 bits per heavy atom. The third-order valence-electron chi connectivity index (χ3n) is 4.94. The summed E-state index contributed by atoms with van der Waals surface area (Å²) < 4.78 is 34.9. The van der Waals surface area contributed by atoms with E-state index in [1.165, 1.54) is 22.7 Å². The number of carbonyl (C=O) groups excluding carboxylic acids is 1. The van der Waals surface area contributed by atoms with Crippen LogP contribution in [0.2, 0.25) is 5.02 Å². The fourth-order valence-electron chi connectivity index (χ4n) is 3.12. The van der Waals surface area contributed by atoms with E-state index in [9.17, 15) is 18.4 Å². The van der Waals surface area contributed by atoms with Crippen molar-refractivity contribution in [3.63, 3.8) is 0 Å². The van der Waals surface area contributed by atoms with Gasteiger partial charge in [0.05, 0.1) is 16.3 Å². The maximum absolute atomic E-state index is 13.9. The van der Waals surface area contributed by atoms with Crippen molar-refractivity contribution in [3.8, 4) is 5.75 Å². The summed E-state index contributed by atoms with van der Waals surface area (Å²) in [4.78, 5) is 28.1. The summed E-state index contributed by atoms with van der Waals surface area (Å²) in [5.41, 5.74) is 0.510. The number of fused-ring (bicyclic) bond motifs is 1. The van der Waals surface area contributed by atoms with Crippen molar-refractivity contribution in [1.82, 2.24) is 20.0 Å². The van der Waals surface area contributed by atoms with E-state index in [1.54, 1.807) is 20.8 Å². The molecule has 2 atom stereocenters. The van der Waals surface area contributed by atoms with E-state index in [2.05, 4.69) is 15.6 Å². The Hall–Kier alpha value is -3.40. The second-order valence-electron chi connectivity index (χ2n) is 7.25. The normalized spacial score (nSPS) is 12.9. The number of hydrogen-bond acceptors (Lipinski definition) is 4. The number of hydrogen-bond donors (Lipinski definition) is 3. The highest BCUT2D eigenvalue weighted by Crippen LogP contribution is 2.28. The van der Waals surface area contributed by atoms with Gasteiger partial charge in [-0.05, 0) is 32.9 Å². The standard InChI is InChI=1S/C21H21ClF2N4O4/c1-10(11(2)27-21(30)31)26-20(29)18-12(3)25-19-17(7-13(22)8-28(18)19)32-9-14-15(23)5-4-6-16(14)24/h4-8,10-11,27H,9H2,1-3H3,(H,26,29)(H,30,31)/t10?,11-/m0/s1. The number of benzene rings is 1. The minimum Gasteiger partial charge on any atom is -0.485 e. The summed E-state index contributed by atoms with van der Waals surface area (Å²) in [6, 6.07) is 3.86. The number of pyridine rings is 1. The summed E-state index contributed by atoms with van der Waals surface area (Å²) in [5, 5.41) is 14.1.